The van der Waals surface area contributed by atoms with Gasteiger partial charge in [0.05, 0.1) is 0 Å². The number of allylic oxidation sites excluding steroid dienone is 2. The van der Waals surface area contributed by atoms with E-state index in [1.807, 2.05) is 13.1 Å². The molecule has 0 spiro atoms. The number of hydrogen-bond donors (Lipinski definition) is 1. The normalized spacial score (nSPS) is 17.0. The lowest BCUT2D eigenvalue weighted by Gasteiger charge is -2.36. The highest BCUT2D eigenvalue weighted by molar-refractivity contribution is 5.69. The Bertz CT molecular complexity index is 399. The topological polar surface area (TPSA) is 12.0 Å². The summed E-state index contributed by atoms with van der Waals surface area (Å²) in [6.07, 6.45) is 5.10. The standard InChI is InChI=1S/C17H25N/c1-6-11-16(15-12-9-8-10-13-15)14(3)17(4,7-2)18-5/h6,8-14,18H,1,7H2,2-5H3/b16-11+. The molecule has 0 fully saturated rings. The molecular formula is C17H25N. The number of nitrogens with one attached hydrogen (secondary N) is 1. The minimum absolute atomic E-state index is 0.102. The van der Waals surface area contributed by atoms with Gasteiger partial charge in [0.1, 0.15) is 0 Å². The van der Waals surface area contributed by atoms with Crippen molar-refractivity contribution in [1.29, 1.82) is 0 Å². The molecule has 1 heteroatoms. The second kappa shape index (κ2) is 6.55. The molecule has 0 aliphatic carbocycles. The van der Waals surface area contributed by atoms with Crippen molar-refractivity contribution in [1.82, 2.24) is 5.32 Å². The predicted molar refractivity (Wildman–Crippen MR) is 81.5 cm³/mol. The molecule has 2 atom stereocenters. The van der Waals surface area contributed by atoms with Crippen LogP contribution in [0.3, 0.4) is 0 Å². The van der Waals surface area contributed by atoms with E-state index in [9.17, 15) is 0 Å². The molecule has 1 nitrogen and oxygen atoms in total. The van der Waals surface area contributed by atoms with E-state index >= 15 is 0 Å². The van der Waals surface area contributed by atoms with Gasteiger partial charge in [0, 0.05) is 5.54 Å². The Hall–Kier alpha value is -1.34. The van der Waals surface area contributed by atoms with E-state index in [-0.39, 0.29) is 5.54 Å². The largest absolute Gasteiger partial charge is 0.314 e. The van der Waals surface area contributed by atoms with Crippen LogP contribution in [0.5, 0.6) is 0 Å². The molecule has 0 saturated carbocycles. The maximum Gasteiger partial charge on any atom is 0.0213 e. The van der Waals surface area contributed by atoms with Gasteiger partial charge in [-0.05, 0) is 37.4 Å². The summed E-state index contributed by atoms with van der Waals surface area (Å²) >= 11 is 0. The predicted octanol–water partition coefficient (Wildman–Crippen LogP) is 4.28. The second-order valence-corrected chi connectivity index (χ2v) is 4.97. The molecule has 2 unspecified atom stereocenters. The van der Waals surface area contributed by atoms with Crippen molar-refractivity contribution in [3.05, 3.63) is 54.6 Å². The molecule has 1 rings (SSSR count). The van der Waals surface area contributed by atoms with Crippen LogP contribution >= 0.6 is 0 Å². The van der Waals surface area contributed by atoms with E-state index in [4.69, 9.17) is 0 Å². The smallest absolute Gasteiger partial charge is 0.0213 e. The molecule has 0 heterocycles. The van der Waals surface area contributed by atoms with Crippen molar-refractivity contribution in [2.75, 3.05) is 7.05 Å². The van der Waals surface area contributed by atoms with E-state index in [1.165, 1.54) is 11.1 Å². The summed E-state index contributed by atoms with van der Waals surface area (Å²) in [5.41, 5.74) is 2.72. The molecule has 0 aliphatic heterocycles. The minimum Gasteiger partial charge on any atom is -0.314 e. The molecule has 18 heavy (non-hydrogen) atoms. The highest BCUT2D eigenvalue weighted by atomic mass is 14.9. The Labute approximate surface area is 112 Å². The molecule has 98 valence electrons. The van der Waals surface area contributed by atoms with Gasteiger partial charge in [-0.2, -0.15) is 0 Å². The lowest BCUT2D eigenvalue weighted by Crippen LogP contribution is -2.45. The molecule has 0 saturated heterocycles. The summed E-state index contributed by atoms with van der Waals surface area (Å²) in [4.78, 5) is 0. The quantitative estimate of drug-likeness (QED) is 0.735. The van der Waals surface area contributed by atoms with Gasteiger partial charge in [0.15, 0.2) is 0 Å². The summed E-state index contributed by atoms with van der Waals surface area (Å²) < 4.78 is 0. The lowest BCUT2D eigenvalue weighted by atomic mass is 9.77. The molecule has 0 aromatic heterocycles. The third-order valence-electron chi connectivity index (χ3n) is 4.13. The van der Waals surface area contributed by atoms with Gasteiger partial charge >= 0.3 is 0 Å². The SMILES string of the molecule is C=C/C=C(/c1ccccc1)C(C)C(C)(CC)NC. The molecule has 1 aromatic rings. The van der Waals surface area contributed by atoms with Crippen molar-refractivity contribution < 1.29 is 0 Å². The second-order valence-electron chi connectivity index (χ2n) is 4.97. The summed E-state index contributed by atoms with van der Waals surface area (Å²) in [5, 5.41) is 3.46. The van der Waals surface area contributed by atoms with Crippen molar-refractivity contribution in [3.63, 3.8) is 0 Å². The Morgan fingerprint density at radius 3 is 2.44 bits per heavy atom. The minimum atomic E-state index is 0.102. The Kier molecular flexibility index (Phi) is 5.36. The lowest BCUT2D eigenvalue weighted by molar-refractivity contribution is 0.303. The highest BCUT2D eigenvalue weighted by Crippen LogP contribution is 2.33. The summed E-state index contributed by atoms with van der Waals surface area (Å²) in [5.74, 6) is 0.424. The van der Waals surface area contributed by atoms with Crippen LogP contribution in [0.15, 0.2) is 49.1 Å². The third kappa shape index (κ3) is 3.11. The summed E-state index contributed by atoms with van der Waals surface area (Å²) in [6.45, 7) is 10.6. The number of hydrogen-bond acceptors (Lipinski definition) is 1. The molecule has 1 aromatic carbocycles. The molecule has 0 aliphatic rings. The van der Waals surface area contributed by atoms with E-state index in [1.54, 1.807) is 0 Å². The average Bonchev–Trinajstić information content (AvgIpc) is 2.44. The van der Waals surface area contributed by atoms with Crippen LogP contribution in [0, 0.1) is 5.92 Å². The fourth-order valence-corrected chi connectivity index (χ4v) is 2.29. The van der Waals surface area contributed by atoms with Gasteiger partial charge in [-0.1, -0.05) is 62.9 Å². The van der Waals surface area contributed by atoms with Crippen LogP contribution in [0.1, 0.15) is 32.8 Å². The van der Waals surface area contributed by atoms with Gasteiger partial charge in [-0.25, -0.2) is 0 Å². The molecular weight excluding hydrogens is 218 g/mol. The third-order valence-corrected chi connectivity index (χ3v) is 4.13. The maximum atomic E-state index is 3.85. The average molecular weight is 243 g/mol. The first-order valence-corrected chi connectivity index (χ1v) is 6.66. The van der Waals surface area contributed by atoms with Crippen molar-refractivity contribution in [2.24, 2.45) is 5.92 Å². The van der Waals surface area contributed by atoms with Crippen LogP contribution in [-0.2, 0) is 0 Å². The Balaban J connectivity index is 3.15. The first kappa shape index (κ1) is 14.7. The van der Waals surface area contributed by atoms with Gasteiger partial charge < -0.3 is 5.32 Å². The number of rotatable bonds is 6. The zero-order chi connectivity index (χ0) is 13.6. The van der Waals surface area contributed by atoms with E-state index in [2.05, 4.69) is 69.1 Å². The van der Waals surface area contributed by atoms with E-state index in [0.29, 0.717) is 5.92 Å². The fourth-order valence-electron chi connectivity index (χ4n) is 2.29. The first-order valence-electron chi connectivity index (χ1n) is 6.66. The van der Waals surface area contributed by atoms with Crippen molar-refractivity contribution >= 4 is 5.57 Å². The molecule has 0 radical (unpaired) electrons. The zero-order valence-corrected chi connectivity index (χ0v) is 12.0. The molecule has 0 bridgehead atoms. The van der Waals surface area contributed by atoms with Gasteiger partial charge in [-0.3, -0.25) is 0 Å². The van der Waals surface area contributed by atoms with Crippen LogP contribution in [0.4, 0.5) is 0 Å². The van der Waals surface area contributed by atoms with Crippen molar-refractivity contribution in [2.45, 2.75) is 32.7 Å². The summed E-state index contributed by atoms with van der Waals surface area (Å²) in [6, 6.07) is 10.6. The fraction of sp³-hybridized carbons (Fsp3) is 0.412. The van der Waals surface area contributed by atoms with Crippen LogP contribution in [0.25, 0.3) is 5.57 Å². The first-order chi connectivity index (χ1) is 8.59. The molecule has 1 N–H and O–H groups in total. The van der Waals surface area contributed by atoms with Gasteiger partial charge in [0.25, 0.3) is 0 Å². The van der Waals surface area contributed by atoms with Crippen molar-refractivity contribution in [3.8, 4) is 0 Å². The van der Waals surface area contributed by atoms with Crippen LogP contribution < -0.4 is 5.32 Å². The van der Waals surface area contributed by atoms with Crippen LogP contribution in [0.2, 0.25) is 0 Å². The van der Waals surface area contributed by atoms with E-state index in [0.717, 1.165) is 6.42 Å². The molecule has 0 amide bonds. The zero-order valence-electron chi connectivity index (χ0n) is 12.0. The van der Waals surface area contributed by atoms with Gasteiger partial charge in [0.2, 0.25) is 0 Å². The van der Waals surface area contributed by atoms with E-state index < -0.39 is 0 Å². The Morgan fingerprint density at radius 1 is 1.39 bits per heavy atom. The Morgan fingerprint density at radius 2 is 2.00 bits per heavy atom. The maximum absolute atomic E-state index is 3.85. The van der Waals surface area contributed by atoms with Gasteiger partial charge in [-0.15, -0.1) is 0 Å². The monoisotopic (exact) mass is 243 g/mol. The van der Waals surface area contributed by atoms with Crippen LogP contribution in [-0.4, -0.2) is 12.6 Å². The summed E-state index contributed by atoms with van der Waals surface area (Å²) in [7, 11) is 2.04. The number of benzene rings is 1. The highest BCUT2D eigenvalue weighted by Gasteiger charge is 2.30.